The Morgan fingerprint density at radius 2 is 1.59 bits per heavy atom. The van der Waals surface area contributed by atoms with Crippen LogP contribution in [0.5, 0.6) is 0 Å². The van der Waals surface area contributed by atoms with Crippen LogP contribution in [0.4, 0.5) is 10.5 Å². The average molecular weight is 365 g/mol. The van der Waals surface area contributed by atoms with E-state index in [-0.39, 0.29) is 11.9 Å². The van der Waals surface area contributed by atoms with Crippen molar-refractivity contribution in [2.45, 2.75) is 51.1 Å². The van der Waals surface area contributed by atoms with E-state index in [0.717, 1.165) is 24.8 Å². The molecular weight excluding hydrogens is 338 g/mol. The zero-order chi connectivity index (χ0) is 19.1. The predicted octanol–water partition coefficient (Wildman–Crippen LogP) is 4.14. The van der Waals surface area contributed by atoms with Gasteiger partial charge in [0.2, 0.25) is 5.91 Å². The largest absolute Gasteiger partial charge is 0.350 e. The highest BCUT2D eigenvalue weighted by atomic mass is 16.2. The van der Waals surface area contributed by atoms with Gasteiger partial charge in [0.05, 0.1) is 0 Å². The molecule has 2 aromatic carbocycles. The maximum absolute atomic E-state index is 13.0. The first-order valence-electron chi connectivity index (χ1n) is 9.55. The minimum atomic E-state index is -0.845. The zero-order valence-electron chi connectivity index (χ0n) is 15.8. The number of aryl methyl sites for hydroxylation is 1. The van der Waals surface area contributed by atoms with Crippen LogP contribution in [0.3, 0.4) is 0 Å². The summed E-state index contributed by atoms with van der Waals surface area (Å²) >= 11 is 0. The Balaban J connectivity index is 1.65. The van der Waals surface area contributed by atoms with Crippen molar-refractivity contribution in [2.75, 3.05) is 5.32 Å². The Morgan fingerprint density at radius 1 is 0.926 bits per heavy atom. The summed E-state index contributed by atoms with van der Waals surface area (Å²) in [6.07, 6.45) is 4.28. The van der Waals surface area contributed by atoms with Crippen LogP contribution in [-0.2, 0) is 11.3 Å². The van der Waals surface area contributed by atoms with E-state index in [0.29, 0.717) is 25.1 Å². The number of anilines is 1. The molecule has 1 aliphatic carbocycles. The van der Waals surface area contributed by atoms with Crippen molar-refractivity contribution in [3.8, 4) is 0 Å². The molecule has 2 aromatic rings. The molecule has 0 bridgehead atoms. The highest BCUT2D eigenvalue weighted by Crippen LogP contribution is 2.29. The second-order valence-corrected chi connectivity index (χ2v) is 7.26. The molecule has 0 aromatic heterocycles. The summed E-state index contributed by atoms with van der Waals surface area (Å²) in [6.45, 7) is 2.50. The first-order chi connectivity index (χ1) is 13.1. The number of rotatable bonds is 5. The standard InChI is InChI=1S/C22H27N3O2/c1-17-10-12-18(13-11-17)16-23-20(26)22(14-6-3-7-15-22)25-21(27)24-19-8-4-2-5-9-19/h2,4-5,8-13H,3,6-7,14-16H2,1H3,(H,23,26)(H2,24,25,27). The molecule has 3 amide bonds. The van der Waals surface area contributed by atoms with Crippen LogP contribution in [0.15, 0.2) is 54.6 Å². The fourth-order valence-electron chi connectivity index (χ4n) is 3.52. The summed E-state index contributed by atoms with van der Waals surface area (Å²) in [4.78, 5) is 25.5. The summed E-state index contributed by atoms with van der Waals surface area (Å²) < 4.78 is 0. The monoisotopic (exact) mass is 365 g/mol. The van der Waals surface area contributed by atoms with Crippen LogP contribution in [0.2, 0.25) is 0 Å². The van der Waals surface area contributed by atoms with Gasteiger partial charge in [0, 0.05) is 12.2 Å². The number of urea groups is 1. The molecule has 0 atom stereocenters. The summed E-state index contributed by atoms with van der Waals surface area (Å²) in [7, 11) is 0. The number of benzene rings is 2. The Kier molecular flexibility index (Phi) is 6.12. The fourth-order valence-corrected chi connectivity index (χ4v) is 3.52. The Hall–Kier alpha value is -2.82. The van der Waals surface area contributed by atoms with Gasteiger partial charge in [0.15, 0.2) is 0 Å². The highest BCUT2D eigenvalue weighted by Gasteiger charge is 2.40. The lowest BCUT2D eigenvalue weighted by Crippen LogP contribution is -2.60. The smallest absolute Gasteiger partial charge is 0.320 e. The minimum Gasteiger partial charge on any atom is -0.350 e. The van der Waals surface area contributed by atoms with Gasteiger partial charge in [0.1, 0.15) is 5.54 Å². The lowest BCUT2D eigenvalue weighted by molar-refractivity contribution is -0.128. The molecule has 1 fully saturated rings. The van der Waals surface area contributed by atoms with E-state index in [1.54, 1.807) is 0 Å². The fraction of sp³-hybridized carbons (Fsp3) is 0.364. The maximum atomic E-state index is 13.0. The van der Waals surface area contributed by atoms with Crippen LogP contribution in [-0.4, -0.2) is 17.5 Å². The van der Waals surface area contributed by atoms with Crippen LogP contribution >= 0.6 is 0 Å². The quantitative estimate of drug-likeness (QED) is 0.745. The third kappa shape index (κ3) is 5.09. The number of nitrogens with one attached hydrogen (secondary N) is 3. The highest BCUT2D eigenvalue weighted by molar-refractivity contribution is 5.96. The van der Waals surface area contributed by atoms with Crippen molar-refractivity contribution in [1.29, 1.82) is 0 Å². The summed E-state index contributed by atoms with van der Waals surface area (Å²) in [5.74, 6) is -0.106. The average Bonchev–Trinajstić information content (AvgIpc) is 2.68. The number of amides is 3. The maximum Gasteiger partial charge on any atom is 0.320 e. The minimum absolute atomic E-state index is 0.106. The van der Waals surface area contributed by atoms with Gasteiger partial charge in [-0.2, -0.15) is 0 Å². The molecular formula is C22H27N3O2. The zero-order valence-corrected chi connectivity index (χ0v) is 15.8. The van der Waals surface area contributed by atoms with Gasteiger partial charge in [0.25, 0.3) is 0 Å². The van der Waals surface area contributed by atoms with E-state index >= 15 is 0 Å². The van der Waals surface area contributed by atoms with E-state index in [2.05, 4.69) is 16.0 Å². The van der Waals surface area contributed by atoms with Gasteiger partial charge in [-0.1, -0.05) is 67.3 Å². The molecule has 0 spiro atoms. The normalized spacial score (nSPS) is 15.6. The Morgan fingerprint density at radius 3 is 2.26 bits per heavy atom. The molecule has 3 N–H and O–H groups in total. The first-order valence-corrected chi connectivity index (χ1v) is 9.55. The van der Waals surface area contributed by atoms with Crippen molar-refractivity contribution >= 4 is 17.6 Å². The molecule has 1 aliphatic rings. The van der Waals surface area contributed by atoms with Gasteiger partial charge >= 0.3 is 6.03 Å². The SMILES string of the molecule is Cc1ccc(CNC(=O)C2(NC(=O)Nc3ccccc3)CCCCC2)cc1. The van der Waals surface area contributed by atoms with E-state index in [1.807, 2.05) is 61.5 Å². The van der Waals surface area contributed by atoms with E-state index < -0.39 is 5.54 Å². The number of hydrogen-bond donors (Lipinski definition) is 3. The Labute approximate surface area is 160 Å². The van der Waals surface area contributed by atoms with E-state index in [1.165, 1.54) is 5.56 Å². The molecule has 3 rings (SSSR count). The van der Waals surface area contributed by atoms with Crippen molar-refractivity contribution in [3.63, 3.8) is 0 Å². The molecule has 0 heterocycles. The van der Waals surface area contributed by atoms with Crippen LogP contribution in [0, 0.1) is 6.92 Å². The van der Waals surface area contributed by atoms with Crippen LogP contribution in [0.25, 0.3) is 0 Å². The summed E-state index contributed by atoms with van der Waals surface area (Å²) in [5, 5.41) is 8.80. The molecule has 0 radical (unpaired) electrons. The second kappa shape index (κ2) is 8.71. The predicted molar refractivity (Wildman–Crippen MR) is 107 cm³/mol. The third-order valence-corrected chi connectivity index (χ3v) is 5.10. The summed E-state index contributed by atoms with van der Waals surface area (Å²) in [6, 6.07) is 17.0. The molecule has 0 aliphatic heterocycles. The number of hydrogen-bond acceptors (Lipinski definition) is 2. The van der Waals surface area contributed by atoms with E-state index in [9.17, 15) is 9.59 Å². The van der Waals surface area contributed by atoms with Crippen LogP contribution < -0.4 is 16.0 Å². The van der Waals surface area contributed by atoms with Gasteiger partial charge in [-0.3, -0.25) is 4.79 Å². The lowest BCUT2D eigenvalue weighted by atomic mass is 9.81. The number of para-hydroxylation sites is 1. The van der Waals surface area contributed by atoms with Gasteiger partial charge in [-0.05, 0) is 37.5 Å². The third-order valence-electron chi connectivity index (χ3n) is 5.10. The second-order valence-electron chi connectivity index (χ2n) is 7.26. The summed E-state index contributed by atoms with van der Waals surface area (Å²) in [5.41, 5.74) is 2.10. The Bertz CT molecular complexity index is 766. The number of carbonyl (C=O) groups excluding carboxylic acids is 2. The molecule has 142 valence electrons. The van der Waals surface area contributed by atoms with Crippen molar-refractivity contribution in [1.82, 2.24) is 10.6 Å². The molecule has 5 heteroatoms. The molecule has 0 unspecified atom stereocenters. The molecule has 0 saturated heterocycles. The first kappa shape index (κ1) is 19.0. The molecule has 27 heavy (non-hydrogen) atoms. The van der Waals surface area contributed by atoms with Gasteiger partial charge in [-0.15, -0.1) is 0 Å². The van der Waals surface area contributed by atoms with Crippen molar-refractivity contribution < 1.29 is 9.59 Å². The number of carbonyl (C=O) groups is 2. The lowest BCUT2D eigenvalue weighted by Gasteiger charge is -2.36. The van der Waals surface area contributed by atoms with Gasteiger partial charge in [-0.25, -0.2) is 4.79 Å². The van der Waals surface area contributed by atoms with Crippen molar-refractivity contribution in [2.24, 2.45) is 0 Å². The van der Waals surface area contributed by atoms with Gasteiger partial charge < -0.3 is 16.0 Å². The van der Waals surface area contributed by atoms with Crippen LogP contribution in [0.1, 0.15) is 43.2 Å². The molecule has 1 saturated carbocycles. The van der Waals surface area contributed by atoms with Crippen molar-refractivity contribution in [3.05, 3.63) is 65.7 Å². The topological polar surface area (TPSA) is 70.2 Å². The van der Waals surface area contributed by atoms with E-state index in [4.69, 9.17) is 0 Å². The molecule has 5 nitrogen and oxygen atoms in total.